The van der Waals surface area contributed by atoms with Gasteiger partial charge in [0, 0.05) is 57.5 Å². The largest absolute Gasteiger partial charge is 0.354 e. The monoisotopic (exact) mass is 387 g/mol. The first kappa shape index (κ1) is 19.5. The number of benzene rings is 1. The fourth-order valence-electron chi connectivity index (χ4n) is 3.04. The molecule has 0 atom stereocenters. The lowest BCUT2D eigenvalue weighted by atomic mass is 10.2. The highest BCUT2D eigenvalue weighted by atomic mass is 35.5. The molecule has 1 aromatic heterocycles. The highest BCUT2D eigenvalue weighted by molar-refractivity contribution is 6.30. The molecule has 7 heteroatoms. The second-order valence-corrected chi connectivity index (χ2v) is 7.40. The van der Waals surface area contributed by atoms with Crippen LogP contribution in [0, 0.1) is 0 Å². The normalized spacial score (nSPS) is 14.9. The van der Waals surface area contributed by atoms with Gasteiger partial charge in [-0.3, -0.25) is 0 Å². The lowest BCUT2D eigenvalue weighted by Gasteiger charge is -2.33. The molecular weight excluding hydrogens is 362 g/mol. The average molecular weight is 388 g/mol. The van der Waals surface area contributed by atoms with Crippen LogP contribution in [-0.2, 0) is 13.1 Å². The second-order valence-electron chi connectivity index (χ2n) is 6.96. The summed E-state index contributed by atoms with van der Waals surface area (Å²) in [4.78, 5) is 23.1. The van der Waals surface area contributed by atoms with E-state index in [9.17, 15) is 4.79 Å². The van der Waals surface area contributed by atoms with E-state index in [1.165, 1.54) is 0 Å². The number of aromatic nitrogens is 1. The minimum atomic E-state index is -0.127. The first-order chi connectivity index (χ1) is 13.0. The van der Waals surface area contributed by atoms with Crippen LogP contribution < -0.4 is 10.2 Å². The number of piperazine rings is 1. The van der Waals surface area contributed by atoms with Gasteiger partial charge in [-0.05, 0) is 36.4 Å². The summed E-state index contributed by atoms with van der Waals surface area (Å²) in [5, 5.41) is 3.61. The van der Waals surface area contributed by atoms with Gasteiger partial charge in [-0.15, -0.1) is 0 Å². The van der Waals surface area contributed by atoms with E-state index < -0.39 is 0 Å². The zero-order chi connectivity index (χ0) is 19.2. The van der Waals surface area contributed by atoms with Crippen LogP contribution in [-0.4, -0.2) is 61.1 Å². The molecule has 1 N–H and O–H groups in total. The number of nitrogens with zero attached hydrogens (tertiary/aromatic N) is 4. The van der Waals surface area contributed by atoms with E-state index in [0.29, 0.717) is 18.1 Å². The van der Waals surface area contributed by atoms with Crippen LogP contribution in [0.3, 0.4) is 0 Å². The number of nitrogens with one attached hydrogen (secondary N) is 1. The highest BCUT2D eigenvalue weighted by Gasteiger charge is 2.15. The maximum Gasteiger partial charge on any atom is 0.317 e. The smallest absolute Gasteiger partial charge is 0.317 e. The number of urea groups is 1. The Labute approximate surface area is 165 Å². The van der Waals surface area contributed by atoms with E-state index in [2.05, 4.69) is 27.1 Å². The number of carbonyl (C=O) groups excluding carboxylic acids is 1. The highest BCUT2D eigenvalue weighted by Crippen LogP contribution is 2.14. The van der Waals surface area contributed by atoms with Gasteiger partial charge < -0.3 is 20.0 Å². The predicted molar refractivity (Wildman–Crippen MR) is 109 cm³/mol. The van der Waals surface area contributed by atoms with Crippen LogP contribution in [0.2, 0.25) is 5.02 Å². The average Bonchev–Trinajstić information content (AvgIpc) is 2.67. The number of carbonyl (C=O) groups is 1. The topological polar surface area (TPSA) is 51.7 Å². The molecule has 1 aliphatic rings. The fraction of sp³-hybridized carbons (Fsp3) is 0.400. The summed E-state index contributed by atoms with van der Waals surface area (Å²) in [5.74, 6) is 0.997. The Hall–Kier alpha value is -2.31. The summed E-state index contributed by atoms with van der Waals surface area (Å²) in [6.07, 6.45) is 1.84. The minimum Gasteiger partial charge on any atom is -0.354 e. The predicted octanol–water partition coefficient (Wildman–Crippen LogP) is 2.83. The molecule has 2 aromatic rings. The van der Waals surface area contributed by atoms with Gasteiger partial charge in [0.05, 0.1) is 0 Å². The van der Waals surface area contributed by atoms with E-state index >= 15 is 0 Å². The second kappa shape index (κ2) is 9.06. The zero-order valence-electron chi connectivity index (χ0n) is 15.9. The number of likely N-dealkylation sites (N-methyl/N-ethyl adjacent to an activating group) is 1. The summed E-state index contributed by atoms with van der Waals surface area (Å²) < 4.78 is 0. The molecule has 0 saturated carbocycles. The van der Waals surface area contributed by atoms with Gasteiger partial charge in [0.25, 0.3) is 0 Å². The van der Waals surface area contributed by atoms with Gasteiger partial charge in [0.2, 0.25) is 0 Å². The Morgan fingerprint density at radius 2 is 1.96 bits per heavy atom. The van der Waals surface area contributed by atoms with Crippen molar-refractivity contribution in [2.75, 3.05) is 45.2 Å². The zero-order valence-corrected chi connectivity index (χ0v) is 16.6. The van der Waals surface area contributed by atoms with Crippen LogP contribution in [0.4, 0.5) is 10.6 Å². The van der Waals surface area contributed by atoms with Crippen molar-refractivity contribution >= 4 is 23.4 Å². The van der Waals surface area contributed by atoms with E-state index in [0.717, 1.165) is 43.1 Å². The summed E-state index contributed by atoms with van der Waals surface area (Å²) in [6, 6.07) is 11.5. The van der Waals surface area contributed by atoms with Gasteiger partial charge in [-0.2, -0.15) is 0 Å². The standard InChI is InChI=1S/C20H26ClN5O/c1-24-8-10-26(11-9-24)19-7-6-17(13-22-19)14-23-20(27)25(2)15-16-4-3-5-18(21)12-16/h3-7,12-13H,8-11,14-15H2,1-2H3,(H,23,27). The number of amides is 2. The molecule has 6 nitrogen and oxygen atoms in total. The number of anilines is 1. The SMILES string of the molecule is CN1CCN(c2ccc(CNC(=O)N(C)Cc3cccc(Cl)c3)cn2)CC1. The Bertz CT molecular complexity index is 759. The molecule has 1 aliphatic heterocycles. The number of hydrogen-bond donors (Lipinski definition) is 1. The number of pyridine rings is 1. The number of hydrogen-bond acceptors (Lipinski definition) is 4. The maximum absolute atomic E-state index is 12.3. The molecule has 2 amide bonds. The summed E-state index contributed by atoms with van der Waals surface area (Å²) in [6.45, 7) is 5.06. The maximum atomic E-state index is 12.3. The number of halogens is 1. The number of rotatable bonds is 5. The molecule has 0 radical (unpaired) electrons. The molecule has 0 bridgehead atoms. The molecule has 2 heterocycles. The van der Waals surface area contributed by atoms with Crippen molar-refractivity contribution in [2.45, 2.75) is 13.1 Å². The van der Waals surface area contributed by atoms with Crippen LogP contribution in [0.5, 0.6) is 0 Å². The van der Waals surface area contributed by atoms with Crippen molar-refractivity contribution in [1.82, 2.24) is 20.1 Å². The summed E-state index contributed by atoms with van der Waals surface area (Å²) >= 11 is 5.99. The molecule has 27 heavy (non-hydrogen) atoms. The van der Waals surface area contributed by atoms with E-state index in [-0.39, 0.29) is 6.03 Å². The third kappa shape index (κ3) is 5.58. The molecular formula is C20H26ClN5O. The van der Waals surface area contributed by atoms with Gasteiger partial charge in [0.1, 0.15) is 5.82 Å². The Morgan fingerprint density at radius 1 is 1.19 bits per heavy atom. The first-order valence-electron chi connectivity index (χ1n) is 9.13. The van der Waals surface area contributed by atoms with E-state index in [4.69, 9.17) is 11.6 Å². The Morgan fingerprint density at radius 3 is 2.63 bits per heavy atom. The summed E-state index contributed by atoms with van der Waals surface area (Å²) in [7, 11) is 3.91. The van der Waals surface area contributed by atoms with Crippen molar-refractivity contribution in [2.24, 2.45) is 0 Å². The quantitative estimate of drug-likeness (QED) is 0.857. The van der Waals surface area contributed by atoms with Gasteiger partial charge in [0.15, 0.2) is 0 Å². The van der Waals surface area contributed by atoms with Gasteiger partial charge in [-0.25, -0.2) is 9.78 Å². The lowest BCUT2D eigenvalue weighted by Crippen LogP contribution is -2.44. The summed E-state index contributed by atoms with van der Waals surface area (Å²) in [5.41, 5.74) is 1.98. The molecule has 1 fully saturated rings. The molecule has 0 unspecified atom stereocenters. The van der Waals surface area contributed by atoms with Crippen molar-refractivity contribution in [3.8, 4) is 0 Å². The Kier molecular flexibility index (Phi) is 6.53. The first-order valence-corrected chi connectivity index (χ1v) is 9.51. The van der Waals surface area contributed by atoms with Crippen molar-refractivity contribution < 1.29 is 4.79 Å². The van der Waals surface area contributed by atoms with Crippen LogP contribution >= 0.6 is 11.6 Å². The van der Waals surface area contributed by atoms with Crippen LogP contribution in [0.25, 0.3) is 0 Å². The van der Waals surface area contributed by atoms with E-state index in [1.807, 2.05) is 42.6 Å². The van der Waals surface area contributed by atoms with Crippen molar-refractivity contribution in [3.63, 3.8) is 0 Å². The third-order valence-corrected chi connectivity index (χ3v) is 4.97. The fourth-order valence-corrected chi connectivity index (χ4v) is 3.25. The third-order valence-electron chi connectivity index (χ3n) is 4.74. The van der Waals surface area contributed by atoms with Crippen molar-refractivity contribution in [1.29, 1.82) is 0 Å². The van der Waals surface area contributed by atoms with Gasteiger partial charge in [-0.1, -0.05) is 29.8 Å². The lowest BCUT2D eigenvalue weighted by molar-refractivity contribution is 0.206. The van der Waals surface area contributed by atoms with Crippen LogP contribution in [0.15, 0.2) is 42.6 Å². The molecule has 1 aromatic carbocycles. The van der Waals surface area contributed by atoms with Crippen LogP contribution in [0.1, 0.15) is 11.1 Å². The van der Waals surface area contributed by atoms with E-state index in [1.54, 1.807) is 11.9 Å². The minimum absolute atomic E-state index is 0.127. The Balaban J connectivity index is 1.48. The van der Waals surface area contributed by atoms with Gasteiger partial charge >= 0.3 is 6.03 Å². The molecule has 0 aliphatic carbocycles. The molecule has 0 spiro atoms. The van der Waals surface area contributed by atoms with Crippen molar-refractivity contribution in [3.05, 3.63) is 58.7 Å². The molecule has 1 saturated heterocycles. The molecule has 144 valence electrons. The molecule has 3 rings (SSSR count).